The quantitative estimate of drug-likeness (QED) is 0.0295. The maximum Gasteiger partial charge on any atom is 0.326 e. The number of carbonyl (C=O) groups is 16. The second-order valence-electron chi connectivity index (χ2n) is 22.1. The molecule has 0 saturated carbocycles. The number of unbranched alkanes of at least 4 members (excludes halogenated alkanes) is 13. The second-order valence-corrected chi connectivity index (χ2v) is 24.7. The minimum absolute atomic E-state index is 0.0589. The van der Waals surface area contributed by atoms with Crippen LogP contribution in [0.25, 0.3) is 0 Å². The van der Waals surface area contributed by atoms with E-state index in [4.69, 9.17) is 10.8 Å². The van der Waals surface area contributed by atoms with Gasteiger partial charge >= 0.3 is 41.8 Å². The van der Waals surface area contributed by atoms with E-state index in [0.29, 0.717) is 12.8 Å². The Hall–Kier alpha value is -7.46. The Bertz CT molecular complexity index is 2470. The van der Waals surface area contributed by atoms with Gasteiger partial charge in [0.05, 0.1) is 24.7 Å². The number of hydrogen-bond donors (Lipinski definition) is 16. The summed E-state index contributed by atoms with van der Waals surface area (Å²) in [6.07, 6.45) is 7.39. The minimum atomic E-state index is -1.78. The summed E-state index contributed by atoms with van der Waals surface area (Å²) in [5.41, 5.74) is 5.26. The highest BCUT2D eigenvalue weighted by Crippen LogP contribution is 2.25. The molecule has 0 aromatic heterocycles. The Morgan fingerprint density at radius 3 is 1.01 bits per heavy atom. The topological polar surface area (TPSA) is 537 Å². The number of rotatable bonds is 51. The lowest BCUT2D eigenvalue weighted by Gasteiger charge is -2.23. The maximum absolute atomic E-state index is 13.3. The average Bonchev–Trinajstić information content (AvgIpc) is 3.68. The molecule has 0 aromatic carbocycles. The van der Waals surface area contributed by atoms with E-state index in [2.05, 4.69) is 42.5 Å². The minimum Gasteiger partial charge on any atom is -0.481 e. The Kier molecular flexibility index (Phi) is 41.7. The van der Waals surface area contributed by atoms with Crippen molar-refractivity contribution in [2.75, 3.05) is 18.1 Å². The summed E-state index contributed by atoms with van der Waals surface area (Å²) in [4.78, 5) is 197. The van der Waals surface area contributed by atoms with Crippen molar-refractivity contribution in [1.82, 2.24) is 42.5 Å². The summed E-state index contributed by atoms with van der Waals surface area (Å²) >= 11 is 0. The zero-order chi connectivity index (χ0) is 68.4. The van der Waals surface area contributed by atoms with Crippen molar-refractivity contribution < 1.29 is 112 Å². The van der Waals surface area contributed by atoms with Crippen LogP contribution in [0.3, 0.4) is 0 Å². The van der Waals surface area contributed by atoms with E-state index in [1.54, 1.807) is 0 Å². The van der Waals surface area contributed by atoms with Gasteiger partial charge in [-0.05, 0) is 58.3 Å². The van der Waals surface area contributed by atoms with E-state index in [1.807, 2.05) is 0 Å². The average molecular weight is 1330 g/mol. The molecule has 17 N–H and O–H groups in total. The van der Waals surface area contributed by atoms with Gasteiger partial charge in [0.25, 0.3) is 0 Å². The summed E-state index contributed by atoms with van der Waals surface area (Å²) in [5, 5.41) is 85.6. The molecule has 1 saturated heterocycles. The molecular formula is C57H91N9O23S2. The first-order valence-corrected chi connectivity index (χ1v) is 32.9. The van der Waals surface area contributed by atoms with Crippen LogP contribution < -0.4 is 48.3 Å². The molecule has 34 heteroatoms. The smallest absolute Gasteiger partial charge is 0.326 e. The molecule has 514 valence electrons. The van der Waals surface area contributed by atoms with Gasteiger partial charge in [0.2, 0.25) is 41.4 Å². The number of hydrogen-bond acceptors (Lipinski definition) is 20. The van der Waals surface area contributed by atoms with Crippen molar-refractivity contribution in [3.05, 3.63) is 0 Å². The zero-order valence-electron chi connectivity index (χ0n) is 51.2. The van der Waals surface area contributed by atoms with Crippen molar-refractivity contribution in [3.63, 3.8) is 0 Å². The van der Waals surface area contributed by atoms with Gasteiger partial charge in [0.15, 0.2) is 11.6 Å². The molecule has 0 bridgehead atoms. The molecule has 32 nitrogen and oxygen atoms in total. The van der Waals surface area contributed by atoms with E-state index in [1.165, 1.54) is 28.5 Å². The zero-order valence-corrected chi connectivity index (χ0v) is 52.8. The van der Waals surface area contributed by atoms with Gasteiger partial charge in [-0.2, -0.15) is 0 Å². The van der Waals surface area contributed by atoms with Crippen LogP contribution >= 0.6 is 21.6 Å². The third-order valence-electron chi connectivity index (χ3n) is 14.5. The van der Waals surface area contributed by atoms with Gasteiger partial charge in [0, 0.05) is 62.9 Å². The number of amides is 7. The normalized spacial score (nSPS) is 16.8. The van der Waals surface area contributed by atoms with Gasteiger partial charge in [0.1, 0.15) is 36.3 Å². The number of aliphatic carboxylic acids is 7. The van der Waals surface area contributed by atoms with Crippen LogP contribution in [0.4, 0.5) is 0 Å². The maximum atomic E-state index is 13.3. The molecule has 1 fully saturated rings. The molecule has 0 aromatic rings. The summed E-state index contributed by atoms with van der Waals surface area (Å²) in [5.74, 6) is -16.9. The van der Waals surface area contributed by atoms with Crippen molar-refractivity contribution >= 4 is 116 Å². The molecule has 1 aliphatic heterocycles. The molecule has 0 spiro atoms. The predicted molar refractivity (Wildman–Crippen MR) is 327 cm³/mol. The predicted octanol–water partition coefficient (Wildman–Crippen LogP) is 0.734. The first-order valence-electron chi connectivity index (χ1n) is 30.4. The van der Waals surface area contributed by atoms with E-state index < -0.39 is 220 Å². The van der Waals surface area contributed by atoms with Gasteiger partial charge in [-0.25, -0.2) is 24.0 Å². The largest absolute Gasteiger partial charge is 0.481 e. The van der Waals surface area contributed by atoms with Gasteiger partial charge in [-0.1, -0.05) is 98.6 Å². The lowest BCUT2D eigenvalue weighted by Crippen LogP contribution is -2.54. The highest BCUT2D eigenvalue weighted by atomic mass is 33.1. The molecule has 91 heavy (non-hydrogen) atoms. The Morgan fingerprint density at radius 1 is 0.418 bits per heavy atom. The molecule has 0 aliphatic carbocycles. The van der Waals surface area contributed by atoms with E-state index in [0.717, 1.165) is 77.0 Å². The van der Waals surface area contributed by atoms with Crippen molar-refractivity contribution in [2.45, 2.75) is 241 Å². The fourth-order valence-electron chi connectivity index (χ4n) is 9.24. The third kappa shape index (κ3) is 38.8. The number of carboxylic acid groups (broad SMARTS) is 7. The van der Waals surface area contributed by atoms with E-state index in [-0.39, 0.29) is 37.2 Å². The summed E-state index contributed by atoms with van der Waals surface area (Å²) < 4.78 is 0. The Morgan fingerprint density at radius 2 is 0.703 bits per heavy atom. The molecule has 7 amide bonds. The molecule has 1 rings (SSSR count). The summed E-state index contributed by atoms with van der Waals surface area (Å²) in [7, 11) is 2.41. The summed E-state index contributed by atoms with van der Waals surface area (Å²) in [6, 6.07) is -12.6. The SMILES string of the molecule is CC1N[C@H](C(=O)O)CSSC[C@H](NCC(=O)[C@H](CCC(N)=O)NC(=O)CC[C@H](NC(=O)CC[C@H](NC(=O)CC[C@H](NC(=O)CC[C@H](NC(=O)CC[C@H](NC(=O)CCCCCCCCCCCCCCCCC(=O)O)C(=O)O)C(=O)O)C(=O)O)C(=O)O)C(=O)O)C1=O. The number of Topliss-reactive ketones (excluding diaryl/α,β-unsaturated/α-hetero) is 2. The van der Waals surface area contributed by atoms with Crippen LogP contribution in [0.5, 0.6) is 0 Å². The van der Waals surface area contributed by atoms with Crippen molar-refractivity contribution in [1.29, 1.82) is 0 Å². The van der Waals surface area contributed by atoms with Crippen LogP contribution in [0.1, 0.15) is 187 Å². The lowest BCUT2D eigenvalue weighted by atomic mass is 10.0. The fourth-order valence-corrected chi connectivity index (χ4v) is 11.6. The van der Waals surface area contributed by atoms with E-state index >= 15 is 0 Å². The van der Waals surface area contributed by atoms with Gasteiger partial charge in [-0.15, -0.1) is 0 Å². The third-order valence-corrected chi connectivity index (χ3v) is 16.9. The lowest BCUT2D eigenvalue weighted by molar-refractivity contribution is -0.144. The first kappa shape index (κ1) is 81.6. The molecule has 0 radical (unpaired) electrons. The van der Waals surface area contributed by atoms with Crippen LogP contribution in [0, 0.1) is 0 Å². The van der Waals surface area contributed by atoms with Crippen LogP contribution in [0.2, 0.25) is 0 Å². The van der Waals surface area contributed by atoms with Crippen LogP contribution in [-0.4, -0.2) is 203 Å². The number of carboxylic acids is 7. The first-order chi connectivity index (χ1) is 43.0. The number of carbonyl (C=O) groups excluding carboxylic acids is 9. The van der Waals surface area contributed by atoms with Crippen LogP contribution in [0.15, 0.2) is 0 Å². The summed E-state index contributed by atoms with van der Waals surface area (Å²) in [6.45, 7) is 0.985. The molecular weight excluding hydrogens is 1240 g/mol. The Labute approximate surface area is 534 Å². The molecule has 1 heterocycles. The molecule has 9 atom stereocenters. The van der Waals surface area contributed by atoms with Gasteiger partial charge < -0.3 is 73.4 Å². The van der Waals surface area contributed by atoms with E-state index in [9.17, 15) is 107 Å². The number of nitrogens with two attached hydrogens (primary N) is 1. The highest BCUT2D eigenvalue weighted by molar-refractivity contribution is 8.76. The number of primary amides is 1. The van der Waals surface area contributed by atoms with Crippen LogP contribution in [-0.2, 0) is 76.7 Å². The fraction of sp³-hybridized carbons (Fsp3) is 0.719. The number of ketones is 2. The monoisotopic (exact) mass is 1330 g/mol. The standard InChI is InChI=1S/C57H91N9O23S2/c1-33-51(77)40(31-90-91-32-41(60-33)57(88)89)59-30-42(67)34(18-24-43(58)68)61-45(70)25-19-36(53(80)81)63-47(72)27-21-38(55(84)85)65-49(74)29-23-39(56(86)87)66-48(73)28-22-37(54(82)83)64-46(71)26-20-35(52(78)79)62-44(69)16-14-12-10-8-6-4-2-3-5-7-9-11-13-15-17-50(75)76/h33-41,59-60H,2-32H2,1H3,(H2,58,68)(H,61,70)(H,62,69)(H,63,72)(H,64,71)(H,65,74)(H,66,73)(H,75,76)(H,78,79)(H,80,81)(H,82,83)(H,84,85)(H,86,87)(H,88,89)/t33?,34-,35-,36-,37-,38-,39-,40-,41-/m0/s1. The Balaban J connectivity index is 2.60. The number of nitrogens with one attached hydrogen (secondary N) is 8. The van der Waals surface area contributed by atoms with Crippen molar-refractivity contribution in [3.8, 4) is 0 Å². The van der Waals surface area contributed by atoms with Crippen molar-refractivity contribution in [2.24, 2.45) is 5.73 Å². The highest BCUT2D eigenvalue weighted by Gasteiger charge is 2.33. The molecule has 1 unspecified atom stereocenters. The van der Waals surface area contributed by atoms with Gasteiger partial charge in [-0.3, -0.25) is 63.4 Å². The molecule has 1 aliphatic rings. The second kappa shape index (κ2) is 46.6.